The maximum atomic E-state index is 12.7. The Morgan fingerprint density at radius 2 is 1.82 bits per heavy atom. The smallest absolute Gasteiger partial charge is 0.265 e. The third-order valence-electron chi connectivity index (χ3n) is 4.35. The minimum absolute atomic E-state index is 0.0942. The summed E-state index contributed by atoms with van der Waals surface area (Å²) in [6.45, 7) is 4.53. The number of sulfonamides is 1. The third-order valence-corrected chi connectivity index (χ3v) is 5.75. The van der Waals surface area contributed by atoms with Crippen LogP contribution in [0.1, 0.15) is 16.7 Å². The molecule has 3 aromatic rings. The number of anilines is 2. The van der Waals surface area contributed by atoms with Crippen LogP contribution in [-0.4, -0.2) is 20.5 Å². The molecule has 146 valence electrons. The molecule has 1 heterocycles. The zero-order chi connectivity index (χ0) is 20.1. The highest BCUT2D eigenvalue weighted by molar-refractivity contribution is 7.92. The maximum Gasteiger partial charge on any atom is 0.265 e. The molecule has 0 bridgehead atoms. The minimum atomic E-state index is -3.79. The molecule has 0 aliphatic heterocycles. The Balaban J connectivity index is 1.72. The van der Waals surface area contributed by atoms with Gasteiger partial charge in [-0.3, -0.25) is 4.72 Å². The van der Waals surface area contributed by atoms with E-state index in [1.165, 1.54) is 24.4 Å². The molecule has 3 rings (SSSR count). The molecule has 0 saturated heterocycles. The van der Waals surface area contributed by atoms with Gasteiger partial charge in [-0.25, -0.2) is 13.4 Å². The Morgan fingerprint density at radius 1 is 1.04 bits per heavy atom. The predicted octanol–water partition coefficient (Wildman–Crippen LogP) is 4.12. The van der Waals surface area contributed by atoms with Crippen molar-refractivity contribution in [2.75, 3.05) is 17.1 Å². The fourth-order valence-corrected chi connectivity index (χ4v) is 4.06. The van der Waals surface area contributed by atoms with Gasteiger partial charge in [-0.15, -0.1) is 0 Å². The number of benzene rings is 2. The zero-order valence-electron chi connectivity index (χ0n) is 16.1. The number of nitrogens with one attached hydrogen (secondary N) is 2. The van der Waals surface area contributed by atoms with Crippen molar-refractivity contribution < 1.29 is 13.2 Å². The van der Waals surface area contributed by atoms with Crippen molar-refractivity contribution in [2.24, 2.45) is 0 Å². The number of hydrogen-bond donors (Lipinski definition) is 2. The van der Waals surface area contributed by atoms with Crippen LogP contribution in [0.25, 0.3) is 0 Å². The van der Waals surface area contributed by atoms with E-state index in [9.17, 15) is 8.42 Å². The van der Waals surface area contributed by atoms with E-state index in [0.717, 1.165) is 5.56 Å². The van der Waals surface area contributed by atoms with Crippen LogP contribution >= 0.6 is 0 Å². The molecule has 28 heavy (non-hydrogen) atoms. The number of hydrogen-bond acceptors (Lipinski definition) is 5. The lowest BCUT2D eigenvalue weighted by Gasteiger charge is -2.13. The SMILES string of the molecule is COc1ccc(C)cc1S(=O)(=O)Nc1ccc(NCc2ccccc2C)nc1. The van der Waals surface area contributed by atoms with Gasteiger partial charge in [0, 0.05) is 6.54 Å². The van der Waals surface area contributed by atoms with Gasteiger partial charge in [0.05, 0.1) is 19.0 Å². The first-order valence-electron chi connectivity index (χ1n) is 8.81. The van der Waals surface area contributed by atoms with Crippen LogP contribution in [0.15, 0.2) is 65.7 Å². The minimum Gasteiger partial charge on any atom is -0.495 e. The standard InChI is InChI=1S/C21H23N3O3S/c1-15-8-10-19(27-3)20(12-15)28(25,26)24-18-9-11-21(23-14-18)22-13-17-7-5-4-6-16(17)2/h4-12,14,24H,13H2,1-3H3,(H,22,23). The number of rotatable bonds is 7. The number of ether oxygens (including phenoxy) is 1. The van der Waals surface area contributed by atoms with Gasteiger partial charge in [0.15, 0.2) is 0 Å². The average molecular weight is 398 g/mol. The molecule has 0 spiro atoms. The molecule has 1 aromatic heterocycles. The summed E-state index contributed by atoms with van der Waals surface area (Å²) in [6, 6.07) is 16.5. The number of methoxy groups -OCH3 is 1. The van der Waals surface area contributed by atoms with E-state index in [4.69, 9.17) is 4.74 Å². The summed E-state index contributed by atoms with van der Waals surface area (Å²) < 4.78 is 33.2. The lowest BCUT2D eigenvalue weighted by molar-refractivity contribution is 0.402. The highest BCUT2D eigenvalue weighted by Gasteiger charge is 2.20. The van der Waals surface area contributed by atoms with E-state index in [2.05, 4.69) is 34.1 Å². The third kappa shape index (κ3) is 4.61. The molecule has 0 radical (unpaired) electrons. The van der Waals surface area contributed by atoms with Gasteiger partial charge in [0.2, 0.25) is 0 Å². The van der Waals surface area contributed by atoms with Crippen molar-refractivity contribution in [1.82, 2.24) is 4.98 Å². The average Bonchev–Trinajstić information content (AvgIpc) is 2.68. The zero-order valence-corrected chi connectivity index (χ0v) is 16.9. The summed E-state index contributed by atoms with van der Waals surface area (Å²) >= 11 is 0. The van der Waals surface area contributed by atoms with Crippen molar-refractivity contribution in [3.05, 3.63) is 77.5 Å². The first-order chi connectivity index (χ1) is 13.4. The number of nitrogens with zero attached hydrogens (tertiary/aromatic N) is 1. The molecule has 6 nitrogen and oxygen atoms in total. The van der Waals surface area contributed by atoms with E-state index in [1.807, 2.05) is 19.1 Å². The van der Waals surface area contributed by atoms with Gasteiger partial charge >= 0.3 is 0 Å². The van der Waals surface area contributed by atoms with Gasteiger partial charge in [0.25, 0.3) is 10.0 Å². The van der Waals surface area contributed by atoms with Crippen molar-refractivity contribution in [2.45, 2.75) is 25.3 Å². The monoisotopic (exact) mass is 397 g/mol. The summed E-state index contributed by atoms with van der Waals surface area (Å²) in [5.41, 5.74) is 3.59. The molecule has 2 N–H and O–H groups in total. The van der Waals surface area contributed by atoms with E-state index in [1.54, 1.807) is 30.3 Å². The summed E-state index contributed by atoms with van der Waals surface area (Å²) in [7, 11) is -2.34. The molecular weight excluding hydrogens is 374 g/mol. The first-order valence-corrected chi connectivity index (χ1v) is 10.3. The lowest BCUT2D eigenvalue weighted by Crippen LogP contribution is -2.14. The Morgan fingerprint density at radius 3 is 2.50 bits per heavy atom. The van der Waals surface area contributed by atoms with Crippen LogP contribution in [0.2, 0.25) is 0 Å². The number of pyridine rings is 1. The Hall–Kier alpha value is -3.06. The van der Waals surface area contributed by atoms with Crippen LogP contribution in [0.5, 0.6) is 5.75 Å². The predicted molar refractivity (Wildman–Crippen MR) is 111 cm³/mol. The topological polar surface area (TPSA) is 80.3 Å². The second-order valence-electron chi connectivity index (χ2n) is 6.47. The van der Waals surface area contributed by atoms with Crippen molar-refractivity contribution in [3.8, 4) is 5.75 Å². The van der Waals surface area contributed by atoms with Crippen molar-refractivity contribution >= 4 is 21.5 Å². The van der Waals surface area contributed by atoms with Gasteiger partial charge in [-0.05, 0) is 54.8 Å². The molecule has 7 heteroatoms. The van der Waals surface area contributed by atoms with E-state index >= 15 is 0 Å². The second kappa shape index (κ2) is 8.31. The van der Waals surface area contributed by atoms with E-state index < -0.39 is 10.0 Å². The highest BCUT2D eigenvalue weighted by Crippen LogP contribution is 2.26. The quantitative estimate of drug-likeness (QED) is 0.627. The van der Waals surface area contributed by atoms with Crippen molar-refractivity contribution in [3.63, 3.8) is 0 Å². The molecule has 2 aromatic carbocycles. The first kappa shape index (κ1) is 19.7. The maximum absolute atomic E-state index is 12.7. The van der Waals surface area contributed by atoms with Gasteiger partial charge < -0.3 is 10.1 Å². The summed E-state index contributed by atoms with van der Waals surface area (Å²) in [6.07, 6.45) is 1.49. The molecule has 0 amide bonds. The summed E-state index contributed by atoms with van der Waals surface area (Å²) in [4.78, 5) is 4.39. The summed E-state index contributed by atoms with van der Waals surface area (Å²) in [5, 5.41) is 3.24. The van der Waals surface area contributed by atoms with Crippen LogP contribution in [0, 0.1) is 13.8 Å². The molecular formula is C21H23N3O3S. The second-order valence-corrected chi connectivity index (χ2v) is 8.12. The molecule has 0 fully saturated rings. The van der Waals surface area contributed by atoms with E-state index in [-0.39, 0.29) is 4.90 Å². The lowest BCUT2D eigenvalue weighted by atomic mass is 10.1. The van der Waals surface area contributed by atoms with Gasteiger partial charge in [-0.1, -0.05) is 30.3 Å². The fourth-order valence-electron chi connectivity index (χ4n) is 2.76. The Labute approximate surface area is 165 Å². The molecule has 0 unspecified atom stereocenters. The van der Waals surface area contributed by atoms with Crippen LogP contribution < -0.4 is 14.8 Å². The fraction of sp³-hybridized carbons (Fsp3) is 0.190. The number of aromatic nitrogens is 1. The molecule has 0 atom stereocenters. The largest absolute Gasteiger partial charge is 0.495 e. The van der Waals surface area contributed by atoms with Gasteiger partial charge in [0.1, 0.15) is 16.5 Å². The summed E-state index contributed by atoms with van der Waals surface area (Å²) in [5.74, 6) is 0.960. The van der Waals surface area contributed by atoms with Crippen molar-refractivity contribution in [1.29, 1.82) is 0 Å². The Kier molecular flexibility index (Phi) is 5.84. The van der Waals surface area contributed by atoms with E-state index in [0.29, 0.717) is 23.8 Å². The number of aryl methyl sites for hydroxylation is 2. The van der Waals surface area contributed by atoms with Crippen LogP contribution in [0.3, 0.4) is 0 Å². The Bertz CT molecular complexity index is 1060. The molecule has 0 aliphatic carbocycles. The molecule has 0 saturated carbocycles. The normalized spacial score (nSPS) is 11.1. The van der Waals surface area contributed by atoms with Crippen LogP contribution in [-0.2, 0) is 16.6 Å². The molecule has 0 aliphatic rings. The van der Waals surface area contributed by atoms with Crippen LogP contribution in [0.4, 0.5) is 11.5 Å². The van der Waals surface area contributed by atoms with Gasteiger partial charge in [-0.2, -0.15) is 0 Å². The highest BCUT2D eigenvalue weighted by atomic mass is 32.2.